The Bertz CT molecular complexity index is 608. The standard InChI is InChI=1S/C16H16FNO2/c1-11-9-13(16(19)20-2)5-8-15(11)18-10-12-3-6-14(17)7-4-12/h3-9,18H,10H2,1-2H3. The largest absolute Gasteiger partial charge is 0.465 e. The van der Waals surface area contributed by atoms with E-state index >= 15 is 0 Å². The van der Waals surface area contributed by atoms with Crippen molar-refractivity contribution < 1.29 is 13.9 Å². The van der Waals surface area contributed by atoms with Crippen LogP contribution in [-0.2, 0) is 11.3 Å². The van der Waals surface area contributed by atoms with Crippen LogP contribution in [0.25, 0.3) is 0 Å². The first-order valence-corrected chi connectivity index (χ1v) is 6.27. The molecule has 3 nitrogen and oxygen atoms in total. The first-order valence-electron chi connectivity index (χ1n) is 6.27. The molecule has 104 valence electrons. The number of hydrogen-bond acceptors (Lipinski definition) is 3. The lowest BCUT2D eigenvalue weighted by Gasteiger charge is -2.11. The molecular formula is C16H16FNO2. The Balaban J connectivity index is 2.06. The second-order valence-electron chi connectivity index (χ2n) is 4.50. The number of methoxy groups -OCH3 is 1. The van der Waals surface area contributed by atoms with Crippen LogP contribution < -0.4 is 5.32 Å². The zero-order valence-electron chi connectivity index (χ0n) is 11.4. The summed E-state index contributed by atoms with van der Waals surface area (Å²) in [5.74, 6) is -0.592. The molecule has 0 spiro atoms. The number of esters is 1. The third kappa shape index (κ3) is 3.35. The summed E-state index contributed by atoms with van der Waals surface area (Å²) in [6.07, 6.45) is 0. The van der Waals surface area contributed by atoms with E-state index in [1.807, 2.05) is 13.0 Å². The molecule has 2 aromatic rings. The van der Waals surface area contributed by atoms with Crippen molar-refractivity contribution in [2.24, 2.45) is 0 Å². The SMILES string of the molecule is COC(=O)c1ccc(NCc2ccc(F)cc2)c(C)c1. The molecule has 0 radical (unpaired) electrons. The normalized spacial score (nSPS) is 10.2. The van der Waals surface area contributed by atoms with Gasteiger partial charge in [-0.15, -0.1) is 0 Å². The number of carbonyl (C=O) groups excluding carboxylic acids is 1. The number of ether oxygens (including phenoxy) is 1. The van der Waals surface area contributed by atoms with Gasteiger partial charge in [-0.2, -0.15) is 0 Å². The van der Waals surface area contributed by atoms with Crippen LogP contribution >= 0.6 is 0 Å². The monoisotopic (exact) mass is 273 g/mol. The Kier molecular flexibility index (Phi) is 4.35. The topological polar surface area (TPSA) is 38.3 Å². The maximum atomic E-state index is 12.8. The van der Waals surface area contributed by atoms with Crippen LogP contribution in [0.1, 0.15) is 21.5 Å². The number of benzene rings is 2. The van der Waals surface area contributed by atoms with E-state index in [0.717, 1.165) is 16.8 Å². The van der Waals surface area contributed by atoms with Crippen LogP contribution in [0.4, 0.5) is 10.1 Å². The smallest absolute Gasteiger partial charge is 0.337 e. The van der Waals surface area contributed by atoms with E-state index in [4.69, 9.17) is 0 Å². The van der Waals surface area contributed by atoms with Gasteiger partial charge in [0.05, 0.1) is 12.7 Å². The summed E-state index contributed by atoms with van der Waals surface area (Å²) in [6, 6.07) is 11.7. The minimum atomic E-state index is -0.349. The molecule has 0 amide bonds. The zero-order chi connectivity index (χ0) is 14.5. The summed E-state index contributed by atoms with van der Waals surface area (Å²) in [7, 11) is 1.36. The summed E-state index contributed by atoms with van der Waals surface area (Å²) < 4.78 is 17.5. The summed E-state index contributed by atoms with van der Waals surface area (Å²) in [5, 5.41) is 3.26. The fourth-order valence-corrected chi connectivity index (χ4v) is 1.91. The Hall–Kier alpha value is -2.36. The number of nitrogens with one attached hydrogen (secondary N) is 1. The molecule has 0 bridgehead atoms. The van der Waals surface area contributed by atoms with Crippen molar-refractivity contribution in [2.45, 2.75) is 13.5 Å². The molecule has 0 aliphatic rings. The van der Waals surface area contributed by atoms with Crippen LogP contribution in [0.15, 0.2) is 42.5 Å². The van der Waals surface area contributed by atoms with Gasteiger partial charge in [0.1, 0.15) is 5.82 Å². The lowest BCUT2D eigenvalue weighted by molar-refractivity contribution is 0.0600. The lowest BCUT2D eigenvalue weighted by Crippen LogP contribution is -2.04. The fourth-order valence-electron chi connectivity index (χ4n) is 1.91. The number of carbonyl (C=O) groups is 1. The fraction of sp³-hybridized carbons (Fsp3) is 0.188. The number of halogens is 1. The highest BCUT2D eigenvalue weighted by Gasteiger charge is 2.07. The molecule has 2 aromatic carbocycles. The minimum Gasteiger partial charge on any atom is -0.465 e. The van der Waals surface area contributed by atoms with Crippen molar-refractivity contribution in [3.8, 4) is 0 Å². The predicted octanol–water partition coefficient (Wildman–Crippen LogP) is 3.53. The number of anilines is 1. The summed E-state index contributed by atoms with van der Waals surface area (Å²) >= 11 is 0. The Morgan fingerprint density at radius 3 is 2.50 bits per heavy atom. The molecule has 0 fully saturated rings. The van der Waals surface area contributed by atoms with Crippen molar-refractivity contribution in [3.63, 3.8) is 0 Å². The highest BCUT2D eigenvalue weighted by molar-refractivity contribution is 5.90. The molecule has 0 aliphatic carbocycles. The summed E-state index contributed by atoms with van der Waals surface area (Å²) in [6.45, 7) is 2.51. The van der Waals surface area contributed by atoms with E-state index in [2.05, 4.69) is 10.1 Å². The van der Waals surface area contributed by atoms with E-state index < -0.39 is 0 Å². The first kappa shape index (κ1) is 14.1. The molecule has 0 unspecified atom stereocenters. The van der Waals surface area contributed by atoms with E-state index in [-0.39, 0.29) is 11.8 Å². The highest BCUT2D eigenvalue weighted by Crippen LogP contribution is 2.18. The van der Waals surface area contributed by atoms with Crippen molar-refractivity contribution in [3.05, 3.63) is 65.0 Å². The molecule has 2 rings (SSSR count). The van der Waals surface area contributed by atoms with Crippen LogP contribution in [0.2, 0.25) is 0 Å². The van der Waals surface area contributed by atoms with E-state index in [9.17, 15) is 9.18 Å². The number of hydrogen-bond donors (Lipinski definition) is 1. The average Bonchev–Trinajstić information content (AvgIpc) is 2.46. The van der Waals surface area contributed by atoms with Crippen LogP contribution in [0.5, 0.6) is 0 Å². The van der Waals surface area contributed by atoms with Crippen molar-refractivity contribution in [1.29, 1.82) is 0 Å². The molecule has 0 aliphatic heterocycles. The van der Waals surface area contributed by atoms with Gasteiger partial charge >= 0.3 is 5.97 Å². The maximum absolute atomic E-state index is 12.8. The molecule has 4 heteroatoms. The minimum absolute atomic E-state index is 0.243. The first-order chi connectivity index (χ1) is 9.60. The molecule has 20 heavy (non-hydrogen) atoms. The van der Waals surface area contributed by atoms with Crippen LogP contribution in [0, 0.1) is 12.7 Å². The number of aryl methyl sites for hydroxylation is 1. The van der Waals surface area contributed by atoms with Crippen molar-refractivity contribution in [2.75, 3.05) is 12.4 Å². The van der Waals surface area contributed by atoms with Gasteiger partial charge in [0, 0.05) is 12.2 Å². The molecular weight excluding hydrogens is 257 g/mol. The predicted molar refractivity (Wildman–Crippen MR) is 76.2 cm³/mol. The average molecular weight is 273 g/mol. The molecule has 0 heterocycles. The Morgan fingerprint density at radius 1 is 1.20 bits per heavy atom. The Morgan fingerprint density at radius 2 is 1.90 bits per heavy atom. The van der Waals surface area contributed by atoms with E-state index in [1.54, 1.807) is 24.3 Å². The quantitative estimate of drug-likeness (QED) is 0.866. The summed E-state index contributed by atoms with van der Waals surface area (Å²) in [5.41, 5.74) is 3.40. The van der Waals surface area contributed by atoms with Crippen molar-refractivity contribution in [1.82, 2.24) is 0 Å². The van der Waals surface area contributed by atoms with Gasteiger partial charge in [-0.1, -0.05) is 12.1 Å². The summed E-state index contributed by atoms with van der Waals surface area (Å²) in [4.78, 5) is 11.4. The molecule has 0 saturated heterocycles. The van der Waals surface area contributed by atoms with Crippen LogP contribution in [-0.4, -0.2) is 13.1 Å². The molecule has 0 atom stereocenters. The van der Waals surface area contributed by atoms with Crippen LogP contribution in [0.3, 0.4) is 0 Å². The second kappa shape index (κ2) is 6.19. The number of rotatable bonds is 4. The Labute approximate surface area is 117 Å². The molecule has 0 saturated carbocycles. The van der Waals surface area contributed by atoms with E-state index in [0.29, 0.717) is 12.1 Å². The zero-order valence-corrected chi connectivity index (χ0v) is 11.4. The molecule has 1 N–H and O–H groups in total. The van der Waals surface area contributed by atoms with Gasteiger partial charge in [0.25, 0.3) is 0 Å². The lowest BCUT2D eigenvalue weighted by atomic mass is 10.1. The molecule has 0 aromatic heterocycles. The second-order valence-corrected chi connectivity index (χ2v) is 4.50. The van der Waals surface area contributed by atoms with Gasteiger partial charge in [-0.3, -0.25) is 0 Å². The van der Waals surface area contributed by atoms with Gasteiger partial charge < -0.3 is 10.1 Å². The highest BCUT2D eigenvalue weighted by atomic mass is 19.1. The maximum Gasteiger partial charge on any atom is 0.337 e. The van der Waals surface area contributed by atoms with Gasteiger partial charge in [-0.05, 0) is 48.4 Å². The van der Waals surface area contributed by atoms with Crippen molar-refractivity contribution >= 4 is 11.7 Å². The third-order valence-electron chi connectivity index (χ3n) is 3.04. The van der Waals surface area contributed by atoms with E-state index in [1.165, 1.54) is 19.2 Å². The van der Waals surface area contributed by atoms with Gasteiger partial charge in [0.2, 0.25) is 0 Å². The van der Waals surface area contributed by atoms with Gasteiger partial charge in [0.15, 0.2) is 0 Å². The third-order valence-corrected chi connectivity index (χ3v) is 3.04. The van der Waals surface area contributed by atoms with Gasteiger partial charge in [-0.25, -0.2) is 9.18 Å².